The van der Waals surface area contributed by atoms with E-state index in [-0.39, 0.29) is 17.8 Å². The van der Waals surface area contributed by atoms with Gasteiger partial charge in [-0.1, -0.05) is 44.0 Å². The number of nitrogens with zero attached hydrogens (tertiary/aromatic N) is 2. The Bertz CT molecular complexity index is 615. The summed E-state index contributed by atoms with van der Waals surface area (Å²) in [6, 6.07) is 7.33. The largest absolute Gasteiger partial charge is 0.467 e. The molecule has 0 aliphatic carbocycles. The first-order chi connectivity index (χ1) is 12.9. The Labute approximate surface area is 166 Å². The molecule has 2 rings (SSSR count). The van der Waals surface area contributed by atoms with Crippen molar-refractivity contribution in [2.75, 3.05) is 39.8 Å². The normalized spacial score (nSPS) is 17.9. The minimum atomic E-state index is -0.585. The third-order valence-electron chi connectivity index (χ3n) is 5.14. The Morgan fingerprint density at radius 1 is 1.15 bits per heavy atom. The molecular formula is C20H30ClN3O3. The molecule has 1 N–H and O–H groups in total. The van der Waals surface area contributed by atoms with Crippen molar-refractivity contribution in [2.45, 2.75) is 32.9 Å². The molecule has 1 aromatic carbocycles. The molecule has 0 radical (unpaired) electrons. The Kier molecular flexibility index (Phi) is 8.54. The van der Waals surface area contributed by atoms with Crippen molar-refractivity contribution in [3.05, 3.63) is 34.9 Å². The Balaban J connectivity index is 1.77. The summed E-state index contributed by atoms with van der Waals surface area (Å²) in [6.07, 6.45) is 0.795. The van der Waals surface area contributed by atoms with Crippen molar-refractivity contribution in [3.8, 4) is 0 Å². The van der Waals surface area contributed by atoms with Crippen LogP contribution in [0.2, 0.25) is 5.02 Å². The van der Waals surface area contributed by atoms with Gasteiger partial charge < -0.3 is 10.1 Å². The van der Waals surface area contributed by atoms with Crippen molar-refractivity contribution in [1.29, 1.82) is 0 Å². The average Bonchev–Trinajstić information content (AvgIpc) is 2.68. The Morgan fingerprint density at radius 3 is 2.30 bits per heavy atom. The van der Waals surface area contributed by atoms with Gasteiger partial charge in [0.15, 0.2) is 0 Å². The van der Waals surface area contributed by atoms with E-state index in [0.29, 0.717) is 6.54 Å². The van der Waals surface area contributed by atoms with Crippen LogP contribution in [0.1, 0.15) is 25.8 Å². The Morgan fingerprint density at radius 2 is 1.74 bits per heavy atom. The Hall–Kier alpha value is -1.63. The second-order valence-corrected chi connectivity index (χ2v) is 7.57. The highest BCUT2D eigenvalue weighted by atomic mass is 35.5. The number of amides is 1. The highest BCUT2D eigenvalue weighted by Gasteiger charge is 2.27. The maximum absolute atomic E-state index is 12.4. The number of hydrogen-bond acceptors (Lipinski definition) is 5. The summed E-state index contributed by atoms with van der Waals surface area (Å²) in [4.78, 5) is 28.8. The molecular weight excluding hydrogens is 366 g/mol. The third-order valence-corrected chi connectivity index (χ3v) is 5.39. The third kappa shape index (κ3) is 6.79. The van der Waals surface area contributed by atoms with E-state index in [0.717, 1.165) is 44.2 Å². The zero-order valence-electron chi connectivity index (χ0n) is 16.4. The molecule has 2 atom stereocenters. The van der Waals surface area contributed by atoms with Crippen molar-refractivity contribution >= 4 is 23.5 Å². The lowest BCUT2D eigenvalue weighted by Gasteiger charge is -2.34. The molecule has 1 aliphatic rings. The number of ether oxygens (including phenoxy) is 1. The van der Waals surface area contributed by atoms with Gasteiger partial charge in [-0.05, 0) is 23.6 Å². The molecule has 1 aliphatic heterocycles. The number of hydrogen-bond donors (Lipinski definition) is 1. The topological polar surface area (TPSA) is 61.9 Å². The maximum Gasteiger partial charge on any atom is 0.328 e. The average molecular weight is 396 g/mol. The maximum atomic E-state index is 12.4. The number of carbonyl (C=O) groups excluding carboxylic acids is 2. The minimum Gasteiger partial charge on any atom is -0.467 e. The number of benzene rings is 1. The molecule has 0 bridgehead atoms. The molecule has 1 saturated heterocycles. The van der Waals surface area contributed by atoms with Gasteiger partial charge in [0.1, 0.15) is 6.04 Å². The van der Waals surface area contributed by atoms with Crippen LogP contribution in [0.25, 0.3) is 0 Å². The molecule has 1 amide bonds. The van der Waals surface area contributed by atoms with Gasteiger partial charge in [0, 0.05) is 37.7 Å². The molecule has 150 valence electrons. The minimum absolute atomic E-state index is 0.0395. The van der Waals surface area contributed by atoms with Gasteiger partial charge in [-0.2, -0.15) is 0 Å². The fraction of sp³-hybridized carbons (Fsp3) is 0.600. The number of piperazine rings is 1. The SMILES string of the molecule is CC[C@@H](C)[C@H](NC(=O)CN1CCN(Cc2ccc(Cl)cc2)CC1)C(=O)OC. The standard InChI is InChI=1S/C20H30ClN3O3/c1-4-15(2)19(20(26)27-3)22-18(25)14-24-11-9-23(10-12-24)13-16-5-7-17(21)8-6-16/h5-8,15,19H,4,9-14H2,1-3H3,(H,22,25)/t15-,19+/m1/s1. The lowest BCUT2D eigenvalue weighted by atomic mass is 9.99. The second kappa shape index (κ2) is 10.6. The van der Waals surface area contributed by atoms with Crippen molar-refractivity contribution in [3.63, 3.8) is 0 Å². The van der Waals surface area contributed by atoms with Gasteiger partial charge in [-0.15, -0.1) is 0 Å². The van der Waals surface area contributed by atoms with Crippen LogP contribution in [0.4, 0.5) is 0 Å². The van der Waals surface area contributed by atoms with Crippen LogP contribution in [0.3, 0.4) is 0 Å². The number of esters is 1. The summed E-state index contributed by atoms with van der Waals surface area (Å²) in [5, 5.41) is 3.59. The summed E-state index contributed by atoms with van der Waals surface area (Å²) in [7, 11) is 1.35. The number of rotatable bonds is 8. The monoisotopic (exact) mass is 395 g/mol. The van der Waals surface area contributed by atoms with E-state index >= 15 is 0 Å². The lowest BCUT2D eigenvalue weighted by molar-refractivity contribution is -0.146. The quantitative estimate of drug-likeness (QED) is 0.683. The summed E-state index contributed by atoms with van der Waals surface area (Å²) >= 11 is 5.93. The van der Waals surface area contributed by atoms with Gasteiger partial charge in [0.05, 0.1) is 13.7 Å². The summed E-state index contributed by atoms with van der Waals surface area (Å²) in [6.45, 7) is 8.59. The van der Waals surface area contributed by atoms with Gasteiger partial charge in [-0.25, -0.2) is 4.79 Å². The molecule has 6 nitrogen and oxygen atoms in total. The molecule has 0 saturated carbocycles. The molecule has 7 heteroatoms. The molecule has 0 aromatic heterocycles. The zero-order valence-corrected chi connectivity index (χ0v) is 17.2. The smallest absolute Gasteiger partial charge is 0.328 e. The molecule has 27 heavy (non-hydrogen) atoms. The van der Waals surface area contributed by atoms with E-state index in [9.17, 15) is 9.59 Å². The fourth-order valence-electron chi connectivity index (χ4n) is 3.17. The van der Waals surface area contributed by atoms with Gasteiger partial charge in [0.2, 0.25) is 5.91 Å². The van der Waals surface area contributed by atoms with E-state index in [4.69, 9.17) is 16.3 Å². The number of halogens is 1. The van der Waals surface area contributed by atoms with Gasteiger partial charge in [-0.3, -0.25) is 14.6 Å². The van der Waals surface area contributed by atoms with Gasteiger partial charge in [0.25, 0.3) is 0 Å². The van der Waals surface area contributed by atoms with E-state index in [1.165, 1.54) is 12.7 Å². The van der Waals surface area contributed by atoms with Crippen LogP contribution in [0.5, 0.6) is 0 Å². The number of nitrogens with one attached hydrogen (secondary N) is 1. The fourth-order valence-corrected chi connectivity index (χ4v) is 3.30. The van der Waals surface area contributed by atoms with Gasteiger partial charge >= 0.3 is 5.97 Å². The first-order valence-electron chi connectivity index (χ1n) is 9.49. The highest BCUT2D eigenvalue weighted by molar-refractivity contribution is 6.30. The highest BCUT2D eigenvalue weighted by Crippen LogP contribution is 2.13. The van der Waals surface area contributed by atoms with E-state index < -0.39 is 6.04 Å². The van der Waals surface area contributed by atoms with Crippen molar-refractivity contribution < 1.29 is 14.3 Å². The van der Waals surface area contributed by atoms with E-state index in [1.54, 1.807) is 0 Å². The first kappa shape index (κ1) is 21.7. The van der Waals surface area contributed by atoms with Crippen LogP contribution in [0.15, 0.2) is 24.3 Å². The predicted molar refractivity (Wildman–Crippen MR) is 107 cm³/mol. The number of carbonyl (C=O) groups is 2. The number of methoxy groups -OCH3 is 1. The van der Waals surface area contributed by atoms with E-state index in [1.807, 2.05) is 38.1 Å². The van der Waals surface area contributed by atoms with Crippen molar-refractivity contribution in [1.82, 2.24) is 15.1 Å². The van der Waals surface area contributed by atoms with Crippen LogP contribution in [-0.4, -0.2) is 67.6 Å². The van der Waals surface area contributed by atoms with E-state index in [2.05, 4.69) is 15.1 Å². The van der Waals surface area contributed by atoms with Crippen LogP contribution in [-0.2, 0) is 20.9 Å². The lowest BCUT2D eigenvalue weighted by Crippen LogP contribution is -2.52. The second-order valence-electron chi connectivity index (χ2n) is 7.13. The molecule has 1 fully saturated rings. The molecule has 1 heterocycles. The van der Waals surface area contributed by atoms with Crippen molar-refractivity contribution in [2.24, 2.45) is 5.92 Å². The summed E-state index contributed by atoms with van der Waals surface area (Å²) in [5.41, 5.74) is 1.24. The molecule has 0 unspecified atom stereocenters. The van der Waals surface area contributed by atoms with Crippen LogP contribution < -0.4 is 5.32 Å². The predicted octanol–water partition coefficient (Wildman–Crippen LogP) is 2.16. The van der Waals surface area contributed by atoms with Crippen LogP contribution in [0, 0.1) is 5.92 Å². The zero-order chi connectivity index (χ0) is 19.8. The van der Waals surface area contributed by atoms with Crippen LogP contribution >= 0.6 is 11.6 Å². The molecule has 0 spiro atoms. The summed E-state index contributed by atoms with van der Waals surface area (Å²) < 4.78 is 4.82. The first-order valence-corrected chi connectivity index (χ1v) is 9.87. The molecule has 1 aromatic rings. The summed E-state index contributed by atoms with van der Waals surface area (Å²) in [5.74, 6) is -0.472.